The minimum absolute atomic E-state index is 0.0545. The first-order chi connectivity index (χ1) is 18.3. The van der Waals surface area contributed by atoms with Gasteiger partial charge in [0.1, 0.15) is 30.3 Å². The van der Waals surface area contributed by atoms with E-state index >= 15 is 0 Å². The van der Waals surface area contributed by atoms with Crippen LogP contribution in [0.4, 0.5) is 0 Å². The summed E-state index contributed by atoms with van der Waals surface area (Å²) in [5.74, 6) is -7.05. The largest absolute Gasteiger partial charge is 0.463 e. The molecule has 1 aromatic rings. The number of hydrogen-bond acceptors (Lipinski definition) is 11. The van der Waals surface area contributed by atoms with E-state index in [9.17, 15) is 28.8 Å². The van der Waals surface area contributed by atoms with E-state index in [1.165, 1.54) is 27.7 Å². The van der Waals surface area contributed by atoms with Crippen LogP contribution in [0.5, 0.6) is 0 Å². The van der Waals surface area contributed by atoms with Gasteiger partial charge in [0.25, 0.3) is 0 Å². The van der Waals surface area contributed by atoms with Crippen LogP contribution < -0.4 is 0 Å². The summed E-state index contributed by atoms with van der Waals surface area (Å²) >= 11 is 0. The molecule has 11 nitrogen and oxygen atoms in total. The van der Waals surface area contributed by atoms with Gasteiger partial charge in [-0.05, 0) is 25.8 Å². The first kappa shape index (κ1) is 31.5. The Morgan fingerprint density at radius 2 is 1.18 bits per heavy atom. The molecule has 0 spiro atoms. The standard InChI is InChI=1S/C28H36O11/c1-15(35-17(3)29)12-22(37-19(5)31)14-23(21-10-8-7-9-11-21)25-26(28(34)39-27(25)33)24(38-20(6)32)13-16(2)36-18(4)30/h7-11,15-16,22-26H,12-14H2,1-6H3. The first-order valence-electron chi connectivity index (χ1n) is 12.8. The van der Waals surface area contributed by atoms with Gasteiger partial charge in [-0.3, -0.25) is 28.8 Å². The van der Waals surface area contributed by atoms with E-state index in [4.69, 9.17) is 23.7 Å². The fourth-order valence-electron chi connectivity index (χ4n) is 5.07. The molecule has 1 heterocycles. The lowest BCUT2D eigenvalue weighted by molar-refractivity contribution is -0.161. The van der Waals surface area contributed by atoms with Crippen molar-refractivity contribution in [2.45, 2.75) is 91.1 Å². The highest BCUT2D eigenvalue weighted by Gasteiger charge is 2.54. The molecule has 0 aromatic heterocycles. The molecule has 7 unspecified atom stereocenters. The van der Waals surface area contributed by atoms with Gasteiger partial charge >= 0.3 is 35.8 Å². The Bertz CT molecular complexity index is 1050. The minimum Gasteiger partial charge on any atom is -0.463 e. The Morgan fingerprint density at radius 3 is 1.69 bits per heavy atom. The minimum atomic E-state index is -1.21. The molecule has 11 heteroatoms. The molecule has 1 saturated heterocycles. The molecule has 0 aliphatic carbocycles. The predicted molar refractivity (Wildman–Crippen MR) is 135 cm³/mol. The lowest BCUT2D eigenvalue weighted by Crippen LogP contribution is -2.40. The van der Waals surface area contributed by atoms with Crippen molar-refractivity contribution >= 4 is 35.8 Å². The quantitative estimate of drug-likeness (QED) is 0.203. The van der Waals surface area contributed by atoms with Crippen LogP contribution in [0.3, 0.4) is 0 Å². The summed E-state index contributed by atoms with van der Waals surface area (Å²) < 4.78 is 26.5. The maximum Gasteiger partial charge on any atom is 0.321 e. The van der Waals surface area contributed by atoms with Crippen LogP contribution >= 0.6 is 0 Å². The summed E-state index contributed by atoms with van der Waals surface area (Å²) in [7, 11) is 0. The zero-order valence-electron chi connectivity index (χ0n) is 23.0. The first-order valence-corrected chi connectivity index (χ1v) is 12.8. The van der Waals surface area contributed by atoms with Gasteiger partial charge < -0.3 is 23.7 Å². The Hall–Kier alpha value is -3.76. The predicted octanol–water partition coefficient (Wildman–Crippen LogP) is 3.02. The van der Waals surface area contributed by atoms with Crippen molar-refractivity contribution in [1.29, 1.82) is 0 Å². The van der Waals surface area contributed by atoms with Crippen LogP contribution in [0.15, 0.2) is 30.3 Å². The highest BCUT2D eigenvalue weighted by atomic mass is 16.6. The molecule has 0 bridgehead atoms. The lowest BCUT2D eigenvalue weighted by Gasteiger charge is -2.32. The average molecular weight is 549 g/mol. The van der Waals surface area contributed by atoms with E-state index in [-0.39, 0.29) is 19.3 Å². The van der Waals surface area contributed by atoms with Crippen LogP contribution in [0, 0.1) is 11.8 Å². The second-order valence-electron chi connectivity index (χ2n) is 9.74. The molecule has 1 aromatic carbocycles. The third-order valence-corrected chi connectivity index (χ3v) is 6.25. The van der Waals surface area contributed by atoms with E-state index in [2.05, 4.69) is 0 Å². The summed E-state index contributed by atoms with van der Waals surface area (Å²) in [4.78, 5) is 73.1. The molecular weight excluding hydrogens is 512 g/mol. The summed E-state index contributed by atoms with van der Waals surface area (Å²) in [5, 5.41) is 0. The number of hydrogen-bond donors (Lipinski definition) is 0. The molecule has 0 amide bonds. The second-order valence-corrected chi connectivity index (χ2v) is 9.74. The lowest BCUT2D eigenvalue weighted by atomic mass is 9.73. The van der Waals surface area contributed by atoms with Crippen LogP contribution in [0.25, 0.3) is 0 Å². The van der Waals surface area contributed by atoms with Crippen molar-refractivity contribution < 1.29 is 52.5 Å². The van der Waals surface area contributed by atoms with Crippen molar-refractivity contribution in [2.24, 2.45) is 11.8 Å². The molecule has 214 valence electrons. The van der Waals surface area contributed by atoms with Crippen LogP contribution in [-0.4, -0.2) is 60.2 Å². The molecule has 1 aliphatic rings. The number of ether oxygens (including phenoxy) is 5. The van der Waals surface area contributed by atoms with Gasteiger partial charge in [0.15, 0.2) is 0 Å². The van der Waals surface area contributed by atoms with E-state index in [0.717, 1.165) is 0 Å². The van der Waals surface area contributed by atoms with Gasteiger partial charge in [-0.1, -0.05) is 30.3 Å². The van der Waals surface area contributed by atoms with Crippen molar-refractivity contribution in [2.75, 3.05) is 0 Å². The third-order valence-electron chi connectivity index (χ3n) is 6.25. The summed E-state index contributed by atoms with van der Waals surface area (Å²) in [6.07, 6.45) is -3.11. The third kappa shape index (κ3) is 9.81. The maximum absolute atomic E-state index is 13.2. The van der Waals surface area contributed by atoms with E-state index in [1.54, 1.807) is 44.2 Å². The maximum atomic E-state index is 13.2. The summed E-state index contributed by atoms with van der Waals surface area (Å²) in [6, 6.07) is 8.83. The van der Waals surface area contributed by atoms with Crippen molar-refractivity contribution in [1.82, 2.24) is 0 Å². The number of cyclic esters (lactones) is 2. The Labute approximate surface area is 227 Å². The van der Waals surface area contributed by atoms with Gasteiger partial charge in [-0.2, -0.15) is 0 Å². The van der Waals surface area contributed by atoms with E-state index < -0.39 is 78.0 Å². The molecule has 0 radical (unpaired) electrons. The van der Waals surface area contributed by atoms with E-state index in [1.807, 2.05) is 0 Å². The number of carbonyl (C=O) groups is 6. The smallest absolute Gasteiger partial charge is 0.321 e. The molecule has 2 rings (SSSR count). The fourth-order valence-corrected chi connectivity index (χ4v) is 5.07. The number of rotatable bonds is 13. The summed E-state index contributed by atoms with van der Waals surface area (Å²) in [6.45, 7) is 8.13. The number of benzene rings is 1. The van der Waals surface area contributed by atoms with Gasteiger partial charge in [0, 0.05) is 46.5 Å². The molecular formula is C28H36O11. The molecule has 1 fully saturated rings. The van der Waals surface area contributed by atoms with Gasteiger partial charge in [0.2, 0.25) is 0 Å². The van der Waals surface area contributed by atoms with Crippen LogP contribution in [0.1, 0.15) is 72.3 Å². The highest BCUT2D eigenvalue weighted by molar-refractivity contribution is 5.97. The SMILES string of the molecule is CC(=O)OC(C)CC(CC(c1ccccc1)C1C(=O)OC(=O)C1C(CC(C)OC(C)=O)OC(C)=O)OC(C)=O. The monoisotopic (exact) mass is 548 g/mol. The Morgan fingerprint density at radius 1 is 0.692 bits per heavy atom. The summed E-state index contributed by atoms with van der Waals surface area (Å²) in [5.41, 5.74) is 0.658. The zero-order chi connectivity index (χ0) is 29.3. The molecule has 7 atom stereocenters. The van der Waals surface area contributed by atoms with Crippen LogP contribution in [-0.2, 0) is 52.5 Å². The number of esters is 6. The Balaban J connectivity index is 2.52. The normalized spacial score (nSPS) is 20.6. The molecule has 0 saturated carbocycles. The fraction of sp³-hybridized carbons (Fsp3) is 0.571. The zero-order valence-corrected chi connectivity index (χ0v) is 23.0. The van der Waals surface area contributed by atoms with Crippen molar-refractivity contribution in [3.05, 3.63) is 35.9 Å². The topological polar surface area (TPSA) is 149 Å². The van der Waals surface area contributed by atoms with Crippen molar-refractivity contribution in [3.8, 4) is 0 Å². The number of carbonyl (C=O) groups excluding carboxylic acids is 6. The molecule has 0 N–H and O–H groups in total. The molecule has 39 heavy (non-hydrogen) atoms. The average Bonchev–Trinajstić information content (AvgIpc) is 3.08. The van der Waals surface area contributed by atoms with Crippen LogP contribution in [0.2, 0.25) is 0 Å². The molecule has 1 aliphatic heterocycles. The second kappa shape index (κ2) is 14.4. The van der Waals surface area contributed by atoms with E-state index in [0.29, 0.717) is 5.56 Å². The van der Waals surface area contributed by atoms with Gasteiger partial charge in [-0.15, -0.1) is 0 Å². The highest BCUT2D eigenvalue weighted by Crippen LogP contribution is 2.43. The Kier molecular flexibility index (Phi) is 11.6. The van der Waals surface area contributed by atoms with Crippen molar-refractivity contribution in [3.63, 3.8) is 0 Å². The van der Waals surface area contributed by atoms with Gasteiger partial charge in [-0.25, -0.2) is 0 Å². The van der Waals surface area contributed by atoms with Gasteiger partial charge in [0.05, 0.1) is 5.92 Å².